The molecule has 1 aliphatic rings. The quantitative estimate of drug-likeness (QED) is 0.852. The molecule has 1 atom stereocenters. The number of rotatable bonds is 4. The first-order chi connectivity index (χ1) is 10.2. The molecule has 0 aliphatic heterocycles. The molecule has 1 heterocycles. The van der Waals surface area contributed by atoms with Crippen LogP contribution < -0.4 is 0 Å². The summed E-state index contributed by atoms with van der Waals surface area (Å²) in [5.74, 6) is 0.954. The minimum absolute atomic E-state index is 0.244. The number of Topliss-reactive ketones (excluding diaryl/α,β-unsaturated/α-hetero) is 1. The first-order valence-corrected chi connectivity index (χ1v) is 7.85. The Balaban J connectivity index is 1.86. The largest absolute Gasteiger partial charge is 0.294 e. The topological polar surface area (TPSA) is 34.9 Å². The van der Waals surface area contributed by atoms with Crippen molar-refractivity contribution in [2.45, 2.75) is 46.1 Å². The van der Waals surface area contributed by atoms with E-state index < -0.39 is 0 Å². The Morgan fingerprint density at radius 3 is 2.90 bits per heavy atom. The SMILES string of the molecule is CCn1nc(CC(=O)C2=CCC(C)CC2)c2ccccc21. The lowest BCUT2D eigenvalue weighted by Crippen LogP contribution is -2.12. The molecule has 3 heteroatoms. The number of ketones is 1. The van der Waals surface area contributed by atoms with Crippen LogP contribution in [0.3, 0.4) is 0 Å². The second-order valence-electron chi connectivity index (χ2n) is 5.99. The van der Waals surface area contributed by atoms with E-state index in [0.717, 1.165) is 48.0 Å². The van der Waals surface area contributed by atoms with Gasteiger partial charge in [0.1, 0.15) is 0 Å². The van der Waals surface area contributed by atoms with Gasteiger partial charge in [-0.3, -0.25) is 9.48 Å². The lowest BCUT2D eigenvalue weighted by molar-refractivity contribution is -0.115. The Morgan fingerprint density at radius 1 is 1.38 bits per heavy atom. The van der Waals surface area contributed by atoms with Crippen LogP contribution in [0.4, 0.5) is 0 Å². The van der Waals surface area contributed by atoms with Crippen LogP contribution in [0.15, 0.2) is 35.9 Å². The summed E-state index contributed by atoms with van der Waals surface area (Å²) in [7, 11) is 0. The third-order valence-corrected chi connectivity index (χ3v) is 4.39. The fraction of sp³-hybridized carbons (Fsp3) is 0.444. The van der Waals surface area contributed by atoms with Crippen LogP contribution in [0.5, 0.6) is 0 Å². The van der Waals surface area contributed by atoms with Gasteiger partial charge < -0.3 is 0 Å². The van der Waals surface area contributed by atoms with Crippen LogP contribution in [0.25, 0.3) is 10.9 Å². The smallest absolute Gasteiger partial charge is 0.164 e. The molecule has 0 amide bonds. The molecule has 2 aromatic rings. The van der Waals surface area contributed by atoms with E-state index in [-0.39, 0.29) is 5.78 Å². The summed E-state index contributed by atoms with van der Waals surface area (Å²) in [6, 6.07) is 8.17. The van der Waals surface area contributed by atoms with Gasteiger partial charge in [0.25, 0.3) is 0 Å². The Kier molecular flexibility index (Phi) is 3.91. The molecule has 1 unspecified atom stereocenters. The zero-order valence-electron chi connectivity index (χ0n) is 12.8. The van der Waals surface area contributed by atoms with Crippen LogP contribution in [-0.2, 0) is 17.8 Å². The lowest BCUT2D eigenvalue weighted by atomic mass is 9.88. The van der Waals surface area contributed by atoms with Gasteiger partial charge in [0.15, 0.2) is 5.78 Å². The molecule has 21 heavy (non-hydrogen) atoms. The van der Waals surface area contributed by atoms with E-state index in [9.17, 15) is 4.79 Å². The van der Waals surface area contributed by atoms with Crippen molar-refractivity contribution in [3.63, 3.8) is 0 Å². The highest BCUT2D eigenvalue weighted by Gasteiger charge is 2.19. The Morgan fingerprint density at radius 2 is 2.19 bits per heavy atom. The summed E-state index contributed by atoms with van der Waals surface area (Å²) in [5, 5.41) is 5.73. The molecule has 0 N–H and O–H groups in total. The van der Waals surface area contributed by atoms with Crippen LogP contribution in [0.1, 0.15) is 38.8 Å². The highest BCUT2D eigenvalue weighted by atomic mass is 16.1. The molecule has 0 spiro atoms. The highest BCUT2D eigenvalue weighted by Crippen LogP contribution is 2.25. The van der Waals surface area contributed by atoms with Gasteiger partial charge in [-0.15, -0.1) is 0 Å². The molecule has 3 rings (SSSR count). The van der Waals surface area contributed by atoms with Gasteiger partial charge in [-0.1, -0.05) is 31.2 Å². The lowest BCUT2D eigenvalue weighted by Gasteiger charge is -2.16. The van der Waals surface area contributed by atoms with E-state index in [4.69, 9.17) is 0 Å². The number of nitrogens with zero attached hydrogens (tertiary/aromatic N) is 2. The maximum Gasteiger partial charge on any atom is 0.164 e. The minimum Gasteiger partial charge on any atom is -0.294 e. The Labute approximate surface area is 125 Å². The summed E-state index contributed by atoms with van der Waals surface area (Å²) in [6.07, 6.45) is 5.64. The molecular weight excluding hydrogens is 260 g/mol. The molecule has 0 fully saturated rings. The standard InChI is InChI=1S/C18H22N2O/c1-3-20-17-7-5-4-6-15(17)16(19-20)12-18(21)14-10-8-13(2)9-11-14/h4-7,10,13H,3,8-9,11-12H2,1-2H3. The molecule has 1 aliphatic carbocycles. The first-order valence-electron chi connectivity index (χ1n) is 7.85. The van der Waals surface area contributed by atoms with Crippen LogP contribution >= 0.6 is 0 Å². The van der Waals surface area contributed by atoms with E-state index >= 15 is 0 Å². The van der Waals surface area contributed by atoms with Crippen molar-refractivity contribution in [3.05, 3.63) is 41.6 Å². The number of benzene rings is 1. The van der Waals surface area contributed by atoms with Crippen molar-refractivity contribution in [3.8, 4) is 0 Å². The fourth-order valence-corrected chi connectivity index (χ4v) is 3.05. The van der Waals surface area contributed by atoms with E-state index in [1.165, 1.54) is 0 Å². The molecule has 1 aromatic carbocycles. The fourth-order valence-electron chi connectivity index (χ4n) is 3.05. The van der Waals surface area contributed by atoms with Gasteiger partial charge >= 0.3 is 0 Å². The number of para-hydroxylation sites is 1. The second kappa shape index (κ2) is 5.84. The molecule has 0 radical (unpaired) electrons. The van der Waals surface area contributed by atoms with E-state index in [2.05, 4.69) is 37.2 Å². The van der Waals surface area contributed by atoms with Crippen molar-refractivity contribution >= 4 is 16.7 Å². The number of hydrogen-bond donors (Lipinski definition) is 0. The van der Waals surface area contributed by atoms with Crippen molar-refractivity contribution in [2.24, 2.45) is 5.92 Å². The Bertz CT molecular complexity index is 696. The van der Waals surface area contributed by atoms with Gasteiger partial charge in [0.2, 0.25) is 0 Å². The van der Waals surface area contributed by atoms with Crippen LogP contribution in [0, 0.1) is 5.92 Å². The highest BCUT2D eigenvalue weighted by molar-refractivity contribution is 5.98. The third-order valence-electron chi connectivity index (χ3n) is 4.39. The number of carbonyl (C=O) groups excluding carboxylic acids is 1. The molecule has 0 saturated carbocycles. The summed E-state index contributed by atoms with van der Waals surface area (Å²) in [5.41, 5.74) is 3.04. The van der Waals surface area contributed by atoms with Crippen LogP contribution in [0.2, 0.25) is 0 Å². The van der Waals surface area contributed by atoms with Gasteiger partial charge in [-0.05, 0) is 43.7 Å². The number of carbonyl (C=O) groups is 1. The number of allylic oxidation sites excluding steroid dienone is 2. The molecule has 0 bridgehead atoms. The monoisotopic (exact) mass is 282 g/mol. The third kappa shape index (κ3) is 2.78. The van der Waals surface area contributed by atoms with Crippen molar-refractivity contribution < 1.29 is 4.79 Å². The second-order valence-corrected chi connectivity index (χ2v) is 5.99. The normalized spacial score (nSPS) is 18.8. The first kappa shape index (κ1) is 14.1. The predicted molar refractivity (Wildman–Crippen MR) is 85.2 cm³/mol. The summed E-state index contributed by atoms with van der Waals surface area (Å²) in [4.78, 5) is 12.5. The maximum atomic E-state index is 12.5. The molecule has 3 nitrogen and oxygen atoms in total. The van der Waals surface area contributed by atoms with Crippen LogP contribution in [-0.4, -0.2) is 15.6 Å². The van der Waals surface area contributed by atoms with E-state index in [0.29, 0.717) is 12.3 Å². The van der Waals surface area contributed by atoms with E-state index in [1.807, 2.05) is 16.8 Å². The summed E-state index contributed by atoms with van der Waals surface area (Å²) >= 11 is 0. The van der Waals surface area contributed by atoms with Crippen molar-refractivity contribution in [1.29, 1.82) is 0 Å². The minimum atomic E-state index is 0.244. The maximum absolute atomic E-state index is 12.5. The average Bonchev–Trinajstić information content (AvgIpc) is 2.86. The number of hydrogen-bond acceptors (Lipinski definition) is 2. The molecular formula is C18H22N2O. The van der Waals surface area contributed by atoms with Crippen molar-refractivity contribution in [1.82, 2.24) is 9.78 Å². The molecule has 110 valence electrons. The number of aryl methyl sites for hydroxylation is 1. The summed E-state index contributed by atoms with van der Waals surface area (Å²) < 4.78 is 1.98. The van der Waals surface area contributed by atoms with Gasteiger partial charge in [-0.2, -0.15) is 5.10 Å². The van der Waals surface area contributed by atoms with Gasteiger partial charge in [0.05, 0.1) is 17.6 Å². The molecule has 0 saturated heterocycles. The zero-order chi connectivity index (χ0) is 14.8. The van der Waals surface area contributed by atoms with Gasteiger partial charge in [-0.25, -0.2) is 0 Å². The summed E-state index contributed by atoms with van der Waals surface area (Å²) in [6.45, 7) is 5.15. The molecule has 1 aromatic heterocycles. The average molecular weight is 282 g/mol. The predicted octanol–water partition coefficient (Wildman–Crippen LogP) is 3.91. The zero-order valence-corrected chi connectivity index (χ0v) is 12.8. The van der Waals surface area contributed by atoms with Gasteiger partial charge in [0, 0.05) is 11.9 Å². The Hall–Kier alpha value is -1.90. The van der Waals surface area contributed by atoms with Crippen molar-refractivity contribution in [2.75, 3.05) is 0 Å². The van der Waals surface area contributed by atoms with E-state index in [1.54, 1.807) is 0 Å². The number of fused-ring (bicyclic) bond motifs is 1. The number of aromatic nitrogens is 2.